The maximum Gasteiger partial charge on any atom is 0.325 e. The summed E-state index contributed by atoms with van der Waals surface area (Å²) in [5, 5.41) is 5.57. The fourth-order valence-electron chi connectivity index (χ4n) is 4.68. The Balaban J connectivity index is 1.72. The number of terminal acetylenes is 1. The van der Waals surface area contributed by atoms with Crippen LogP contribution in [0.3, 0.4) is 0 Å². The number of rotatable bonds is 3. The van der Waals surface area contributed by atoms with Crippen molar-refractivity contribution in [2.75, 3.05) is 11.9 Å². The van der Waals surface area contributed by atoms with Gasteiger partial charge in [-0.05, 0) is 48.8 Å². The smallest absolute Gasteiger partial charge is 0.324 e. The molecule has 6 nitrogen and oxygen atoms in total. The van der Waals surface area contributed by atoms with Gasteiger partial charge >= 0.3 is 6.03 Å². The monoisotopic (exact) mass is 367 g/mol. The molecule has 0 radical (unpaired) electrons. The van der Waals surface area contributed by atoms with Crippen molar-refractivity contribution >= 4 is 23.5 Å². The minimum atomic E-state index is -0.901. The van der Waals surface area contributed by atoms with E-state index in [-0.39, 0.29) is 17.9 Å². The van der Waals surface area contributed by atoms with Crippen LogP contribution < -0.4 is 10.6 Å². The highest BCUT2D eigenvalue weighted by Gasteiger charge is 2.56. The minimum Gasteiger partial charge on any atom is -0.324 e. The van der Waals surface area contributed by atoms with E-state index in [4.69, 9.17) is 6.42 Å². The fraction of sp³-hybridized carbons (Fsp3) is 0.476. The summed E-state index contributed by atoms with van der Waals surface area (Å²) in [6.45, 7) is 5.99. The SMILES string of the molecule is C#Cc1cccc(NC(=O)CN2C(=O)NC3(CC(C)CC(C)(C)C3)C2=O)c1. The summed E-state index contributed by atoms with van der Waals surface area (Å²) in [5.41, 5.74) is 0.223. The number of nitrogens with zero attached hydrogens (tertiary/aromatic N) is 1. The molecule has 27 heavy (non-hydrogen) atoms. The van der Waals surface area contributed by atoms with Crippen LogP contribution in [0.25, 0.3) is 0 Å². The molecule has 1 aliphatic carbocycles. The van der Waals surface area contributed by atoms with Gasteiger partial charge in [0.05, 0.1) is 0 Å². The number of hydrogen-bond donors (Lipinski definition) is 2. The molecule has 0 bridgehead atoms. The zero-order valence-electron chi connectivity index (χ0n) is 16.0. The maximum absolute atomic E-state index is 13.1. The highest BCUT2D eigenvalue weighted by atomic mass is 16.2. The lowest BCUT2D eigenvalue weighted by Crippen LogP contribution is -2.54. The van der Waals surface area contributed by atoms with Gasteiger partial charge in [0.1, 0.15) is 12.1 Å². The Kier molecular flexibility index (Phi) is 4.73. The van der Waals surface area contributed by atoms with E-state index in [1.54, 1.807) is 24.3 Å². The standard InChI is InChI=1S/C21H25N3O3/c1-5-15-7-6-8-16(9-15)22-17(25)12-24-18(26)21(23-19(24)27)11-14(2)10-20(3,4)13-21/h1,6-9,14H,10-13H2,2-4H3,(H,22,25)(H,23,27). The molecule has 4 amide bonds. The van der Waals surface area contributed by atoms with E-state index in [9.17, 15) is 14.4 Å². The molecule has 2 atom stereocenters. The fourth-order valence-corrected chi connectivity index (χ4v) is 4.68. The van der Waals surface area contributed by atoms with Crippen LogP contribution in [0.1, 0.15) is 45.6 Å². The first-order chi connectivity index (χ1) is 12.6. The molecule has 1 aromatic rings. The van der Waals surface area contributed by atoms with Crippen molar-refractivity contribution in [1.29, 1.82) is 0 Å². The number of urea groups is 1. The highest BCUT2D eigenvalue weighted by Crippen LogP contribution is 2.46. The van der Waals surface area contributed by atoms with Crippen LogP contribution in [0.2, 0.25) is 0 Å². The first-order valence-corrected chi connectivity index (χ1v) is 9.15. The van der Waals surface area contributed by atoms with E-state index in [1.165, 1.54) is 0 Å². The predicted molar refractivity (Wildman–Crippen MR) is 103 cm³/mol. The zero-order valence-corrected chi connectivity index (χ0v) is 16.0. The average Bonchev–Trinajstić information content (AvgIpc) is 2.76. The predicted octanol–water partition coefficient (Wildman–Crippen LogP) is 2.74. The summed E-state index contributed by atoms with van der Waals surface area (Å²) >= 11 is 0. The zero-order chi connectivity index (χ0) is 19.8. The highest BCUT2D eigenvalue weighted by molar-refractivity contribution is 6.10. The Morgan fingerprint density at radius 3 is 2.78 bits per heavy atom. The first kappa shape index (κ1) is 19.0. The van der Waals surface area contributed by atoms with Crippen LogP contribution in [0.15, 0.2) is 24.3 Å². The number of hydrogen-bond acceptors (Lipinski definition) is 3. The van der Waals surface area contributed by atoms with E-state index in [1.807, 2.05) is 0 Å². The molecule has 2 N–H and O–H groups in total. The van der Waals surface area contributed by atoms with Gasteiger partial charge < -0.3 is 10.6 Å². The van der Waals surface area contributed by atoms with Crippen LogP contribution in [-0.4, -0.2) is 34.8 Å². The summed E-state index contributed by atoms with van der Waals surface area (Å²) in [6, 6.07) is 6.35. The van der Waals surface area contributed by atoms with Crippen molar-refractivity contribution in [2.24, 2.45) is 11.3 Å². The minimum absolute atomic E-state index is 0.0471. The maximum atomic E-state index is 13.1. The molecule has 1 aromatic carbocycles. The first-order valence-electron chi connectivity index (χ1n) is 9.15. The summed E-state index contributed by atoms with van der Waals surface area (Å²) in [4.78, 5) is 38.9. The van der Waals surface area contributed by atoms with Crippen molar-refractivity contribution in [3.63, 3.8) is 0 Å². The van der Waals surface area contributed by atoms with Crippen molar-refractivity contribution in [1.82, 2.24) is 10.2 Å². The molecule has 142 valence electrons. The van der Waals surface area contributed by atoms with Gasteiger partial charge in [-0.2, -0.15) is 0 Å². The molecule has 1 aliphatic heterocycles. The Hall–Kier alpha value is -2.81. The van der Waals surface area contributed by atoms with Crippen molar-refractivity contribution in [3.05, 3.63) is 29.8 Å². The quantitative estimate of drug-likeness (QED) is 0.637. The summed E-state index contributed by atoms with van der Waals surface area (Å²) < 4.78 is 0. The van der Waals surface area contributed by atoms with Crippen LogP contribution in [0, 0.1) is 23.7 Å². The molecule has 1 heterocycles. The Bertz CT molecular complexity index is 839. The van der Waals surface area contributed by atoms with Crippen molar-refractivity contribution < 1.29 is 14.4 Å². The molecule has 6 heteroatoms. The number of nitrogens with one attached hydrogen (secondary N) is 2. The lowest BCUT2D eigenvalue weighted by atomic mass is 9.64. The van der Waals surface area contributed by atoms with Gasteiger partial charge in [-0.1, -0.05) is 32.8 Å². The normalized spacial score (nSPS) is 26.6. The van der Waals surface area contributed by atoms with Gasteiger partial charge in [0, 0.05) is 11.3 Å². The van der Waals surface area contributed by atoms with E-state index in [2.05, 4.69) is 37.3 Å². The molecule has 2 fully saturated rings. The molecular formula is C21H25N3O3. The molecule has 2 aliphatic rings. The third-order valence-corrected chi connectivity index (χ3v) is 5.24. The number of amides is 4. The number of anilines is 1. The van der Waals surface area contributed by atoms with Crippen LogP contribution in [0.4, 0.5) is 10.5 Å². The molecule has 1 saturated heterocycles. The molecule has 0 aromatic heterocycles. The van der Waals surface area contributed by atoms with E-state index in [0.717, 1.165) is 11.3 Å². The Morgan fingerprint density at radius 1 is 1.37 bits per heavy atom. The van der Waals surface area contributed by atoms with Crippen LogP contribution in [-0.2, 0) is 9.59 Å². The second-order valence-corrected chi connectivity index (χ2v) is 8.53. The lowest BCUT2D eigenvalue weighted by Gasteiger charge is -2.43. The second-order valence-electron chi connectivity index (χ2n) is 8.53. The Labute approximate surface area is 159 Å². The molecule has 2 unspecified atom stereocenters. The van der Waals surface area contributed by atoms with Gasteiger partial charge in [0.25, 0.3) is 5.91 Å². The van der Waals surface area contributed by atoms with Crippen LogP contribution >= 0.6 is 0 Å². The summed E-state index contributed by atoms with van der Waals surface area (Å²) in [7, 11) is 0. The number of imide groups is 1. The topological polar surface area (TPSA) is 78.5 Å². The molecule has 1 saturated carbocycles. The van der Waals surface area contributed by atoms with Crippen LogP contribution in [0.5, 0.6) is 0 Å². The van der Waals surface area contributed by atoms with Crippen molar-refractivity contribution in [3.8, 4) is 12.3 Å². The van der Waals surface area contributed by atoms with Gasteiger partial charge in [-0.25, -0.2) is 4.79 Å². The third kappa shape index (κ3) is 3.82. The van der Waals surface area contributed by atoms with E-state index >= 15 is 0 Å². The number of carbonyl (C=O) groups excluding carboxylic acids is 3. The van der Waals surface area contributed by atoms with E-state index in [0.29, 0.717) is 30.0 Å². The molecular weight excluding hydrogens is 342 g/mol. The summed E-state index contributed by atoms with van der Waals surface area (Å²) in [5.74, 6) is 2.07. The van der Waals surface area contributed by atoms with Gasteiger partial charge in [-0.15, -0.1) is 6.42 Å². The average molecular weight is 367 g/mol. The largest absolute Gasteiger partial charge is 0.325 e. The summed E-state index contributed by atoms with van der Waals surface area (Å²) in [6.07, 6.45) is 7.55. The lowest BCUT2D eigenvalue weighted by molar-refractivity contribution is -0.136. The Morgan fingerprint density at radius 2 is 2.11 bits per heavy atom. The number of carbonyl (C=O) groups is 3. The second kappa shape index (κ2) is 6.73. The molecule has 1 spiro atoms. The van der Waals surface area contributed by atoms with Crippen molar-refractivity contribution in [2.45, 2.75) is 45.6 Å². The third-order valence-electron chi connectivity index (χ3n) is 5.24. The number of benzene rings is 1. The van der Waals surface area contributed by atoms with Gasteiger partial charge in [0.2, 0.25) is 5.91 Å². The van der Waals surface area contributed by atoms with Gasteiger partial charge in [-0.3, -0.25) is 14.5 Å². The van der Waals surface area contributed by atoms with Gasteiger partial charge in [0.15, 0.2) is 0 Å². The van der Waals surface area contributed by atoms with E-state index < -0.39 is 17.5 Å². The molecule has 3 rings (SSSR count).